The number of allylic oxidation sites excluding steroid dienone is 1. The molecule has 0 N–H and O–H groups in total. The molecule has 1 fully saturated rings. The lowest BCUT2D eigenvalue weighted by Gasteiger charge is -2.41. The molecule has 0 heterocycles. The lowest BCUT2D eigenvalue weighted by Crippen LogP contribution is -2.45. The van der Waals surface area contributed by atoms with Crippen molar-refractivity contribution < 1.29 is 8.85 Å². The highest BCUT2D eigenvalue weighted by Crippen LogP contribution is 2.48. The van der Waals surface area contributed by atoms with Gasteiger partial charge >= 0.3 is 0 Å². The van der Waals surface area contributed by atoms with Crippen molar-refractivity contribution in [2.75, 3.05) is 0 Å². The van der Waals surface area contributed by atoms with E-state index in [0.29, 0.717) is 17.8 Å². The first kappa shape index (κ1) is 28.6. The summed E-state index contributed by atoms with van der Waals surface area (Å²) in [6.07, 6.45) is 12.4. The summed E-state index contributed by atoms with van der Waals surface area (Å²) in [5.41, 5.74) is 1.64. The summed E-state index contributed by atoms with van der Waals surface area (Å²) in [5, 5.41) is 0.412. The maximum absolute atomic E-state index is 6.98. The molecular weight excluding hydrogens is 436 g/mol. The quantitative estimate of drug-likeness (QED) is 0.193. The van der Waals surface area contributed by atoms with Crippen molar-refractivity contribution >= 4 is 16.6 Å². The predicted octanol–water partition coefficient (Wildman–Crippen LogP) is 8.73. The topological polar surface area (TPSA) is 18.5 Å². The molecule has 0 amide bonds. The van der Waals surface area contributed by atoms with Crippen LogP contribution in [0, 0.1) is 29.6 Å². The smallest absolute Gasteiger partial charge is 0.192 e. The van der Waals surface area contributed by atoms with Gasteiger partial charge in [-0.3, -0.25) is 0 Å². The predicted molar refractivity (Wildman–Crippen MR) is 149 cm³/mol. The van der Waals surface area contributed by atoms with Gasteiger partial charge in [0.15, 0.2) is 16.6 Å². The third kappa shape index (κ3) is 6.97. The second-order valence-corrected chi connectivity index (χ2v) is 23.0. The first-order chi connectivity index (χ1) is 15.0. The van der Waals surface area contributed by atoms with E-state index in [1.54, 1.807) is 5.57 Å². The molecule has 0 aromatic rings. The fourth-order valence-corrected chi connectivity index (χ4v) is 7.05. The van der Waals surface area contributed by atoms with Crippen molar-refractivity contribution in [2.24, 2.45) is 17.8 Å². The highest BCUT2D eigenvalue weighted by Gasteiger charge is 2.45. The molecule has 0 aromatic carbocycles. The van der Waals surface area contributed by atoms with Crippen LogP contribution in [-0.4, -0.2) is 28.8 Å². The lowest BCUT2D eigenvalue weighted by atomic mass is 9.89. The van der Waals surface area contributed by atoms with Crippen LogP contribution in [0.4, 0.5) is 0 Å². The zero-order valence-electron chi connectivity index (χ0n) is 23.8. The zero-order valence-corrected chi connectivity index (χ0v) is 25.8. The molecule has 2 nitrogen and oxygen atoms in total. The average molecular weight is 489 g/mol. The normalized spacial score (nSPS) is 26.1. The fraction of sp³-hybridized carbons (Fsp3) is 0.793. The van der Waals surface area contributed by atoms with Crippen molar-refractivity contribution in [3.05, 3.63) is 23.8 Å². The Morgan fingerprint density at radius 3 is 2.21 bits per heavy atom. The molecule has 0 aliphatic heterocycles. The Balaban J connectivity index is 2.32. The van der Waals surface area contributed by atoms with Gasteiger partial charge in [-0.25, -0.2) is 0 Å². The second-order valence-electron chi connectivity index (χ2n) is 13.5. The van der Waals surface area contributed by atoms with Crippen LogP contribution in [0.3, 0.4) is 0 Å². The van der Waals surface area contributed by atoms with Crippen molar-refractivity contribution in [2.45, 2.75) is 130 Å². The van der Waals surface area contributed by atoms with E-state index in [-0.39, 0.29) is 22.3 Å². The maximum Gasteiger partial charge on any atom is 0.192 e. The summed E-state index contributed by atoms with van der Waals surface area (Å²) in [6.45, 7) is 27.7. The van der Waals surface area contributed by atoms with Crippen molar-refractivity contribution in [3.63, 3.8) is 0 Å². The minimum absolute atomic E-state index is 0.103. The molecule has 2 rings (SSSR count). The summed E-state index contributed by atoms with van der Waals surface area (Å²) in [7, 11) is -3.73. The molecule has 4 heteroatoms. The Hall–Kier alpha value is -0.606. The summed E-state index contributed by atoms with van der Waals surface area (Å²) in [4.78, 5) is 0. The van der Waals surface area contributed by atoms with Crippen LogP contribution < -0.4 is 0 Å². The van der Waals surface area contributed by atoms with Gasteiger partial charge < -0.3 is 8.85 Å². The van der Waals surface area contributed by atoms with Crippen LogP contribution in [-0.2, 0) is 8.85 Å². The standard InChI is InChI=1S/C29H52O2Si2/c1-13-14-16-22(2)26(30-32(9,10)28(3,4)5)20-19-25-24-18-15-17-23(24)21-27(25)31-33(11,12)29(6,7)8/h19-22,24-27H,15-18H2,1-12H3/b20-19+/t22?,24-,25-,26-,27+/m1/s1. The SMILES string of the molecule is CC#CCC(C)[C@@H](/C=C/[C@H]1[C@@H](O[Si](C)(C)C(C)(C)C)C=C2CCC[C@H]21)O[Si](C)(C)C(C)(C)C. The van der Waals surface area contributed by atoms with Crippen LogP contribution in [0.1, 0.15) is 81.1 Å². The molecule has 5 atom stereocenters. The third-order valence-electron chi connectivity index (χ3n) is 8.84. The molecule has 188 valence electrons. The largest absolute Gasteiger partial charge is 0.410 e. The van der Waals surface area contributed by atoms with E-state index in [1.165, 1.54) is 19.3 Å². The first-order valence-corrected chi connectivity index (χ1v) is 19.0. The number of rotatable bonds is 8. The van der Waals surface area contributed by atoms with Crippen LogP contribution in [0.2, 0.25) is 36.3 Å². The lowest BCUT2D eigenvalue weighted by molar-refractivity contribution is 0.161. The maximum atomic E-state index is 6.98. The monoisotopic (exact) mass is 488 g/mol. The van der Waals surface area contributed by atoms with Crippen molar-refractivity contribution in [1.82, 2.24) is 0 Å². The fourth-order valence-electron chi connectivity index (χ4n) is 4.45. The van der Waals surface area contributed by atoms with Gasteiger partial charge in [0.2, 0.25) is 0 Å². The Morgan fingerprint density at radius 1 is 1.06 bits per heavy atom. The highest BCUT2D eigenvalue weighted by atomic mass is 28.4. The Labute approximate surface area is 208 Å². The van der Waals surface area contributed by atoms with Crippen molar-refractivity contribution in [1.29, 1.82) is 0 Å². The minimum Gasteiger partial charge on any atom is -0.410 e. The molecule has 0 radical (unpaired) electrons. The van der Waals surface area contributed by atoms with E-state index in [9.17, 15) is 0 Å². The average Bonchev–Trinajstić information content (AvgIpc) is 3.22. The molecular formula is C29H52O2Si2. The molecule has 33 heavy (non-hydrogen) atoms. The summed E-state index contributed by atoms with van der Waals surface area (Å²) >= 11 is 0. The molecule has 0 bridgehead atoms. The first-order valence-electron chi connectivity index (χ1n) is 13.1. The summed E-state index contributed by atoms with van der Waals surface area (Å²) in [5.74, 6) is 7.84. The Kier molecular flexibility index (Phi) is 9.17. The van der Waals surface area contributed by atoms with Gasteiger partial charge in [-0.05, 0) is 74.3 Å². The van der Waals surface area contributed by atoms with E-state index in [0.717, 1.165) is 6.42 Å². The molecule has 2 aliphatic rings. The number of fused-ring (bicyclic) bond motifs is 1. The highest BCUT2D eigenvalue weighted by molar-refractivity contribution is 6.74. The van der Waals surface area contributed by atoms with E-state index in [1.807, 2.05) is 6.92 Å². The summed E-state index contributed by atoms with van der Waals surface area (Å²) in [6, 6.07) is 0. The zero-order chi connectivity index (χ0) is 25.2. The molecule has 0 spiro atoms. The van der Waals surface area contributed by atoms with Gasteiger partial charge in [-0.1, -0.05) is 72.3 Å². The number of hydrogen-bond donors (Lipinski definition) is 0. The van der Waals surface area contributed by atoms with Gasteiger partial charge in [-0.15, -0.1) is 11.8 Å². The van der Waals surface area contributed by atoms with Crippen LogP contribution >= 0.6 is 0 Å². The van der Waals surface area contributed by atoms with Gasteiger partial charge in [0.05, 0.1) is 12.2 Å². The summed E-state index contributed by atoms with van der Waals surface area (Å²) < 4.78 is 13.9. The third-order valence-corrected chi connectivity index (χ3v) is 17.8. The van der Waals surface area contributed by atoms with Crippen LogP contribution in [0.15, 0.2) is 23.8 Å². The van der Waals surface area contributed by atoms with E-state index < -0.39 is 16.6 Å². The Morgan fingerprint density at radius 2 is 1.67 bits per heavy atom. The molecule has 0 saturated heterocycles. The van der Waals surface area contributed by atoms with E-state index in [2.05, 4.69) is 105 Å². The van der Waals surface area contributed by atoms with Gasteiger partial charge in [0.1, 0.15) is 0 Å². The van der Waals surface area contributed by atoms with Gasteiger partial charge in [0.25, 0.3) is 0 Å². The Bertz CT molecular complexity index is 783. The second kappa shape index (κ2) is 10.6. The van der Waals surface area contributed by atoms with E-state index >= 15 is 0 Å². The minimum atomic E-state index is -1.89. The van der Waals surface area contributed by atoms with E-state index in [4.69, 9.17) is 8.85 Å². The van der Waals surface area contributed by atoms with Crippen LogP contribution in [0.5, 0.6) is 0 Å². The van der Waals surface area contributed by atoms with Gasteiger partial charge in [0, 0.05) is 12.3 Å². The molecule has 0 aromatic heterocycles. The van der Waals surface area contributed by atoms with Crippen LogP contribution in [0.25, 0.3) is 0 Å². The number of hydrogen-bond acceptors (Lipinski definition) is 2. The molecule has 1 unspecified atom stereocenters. The van der Waals surface area contributed by atoms with Crippen molar-refractivity contribution in [3.8, 4) is 11.8 Å². The van der Waals surface area contributed by atoms with Gasteiger partial charge in [-0.2, -0.15) is 0 Å². The molecule has 1 saturated carbocycles. The molecule has 2 aliphatic carbocycles.